The second-order valence-corrected chi connectivity index (χ2v) is 7.38. The summed E-state index contributed by atoms with van der Waals surface area (Å²) in [6, 6.07) is 5.85. The molecular weight excluding hydrogens is 266 g/mol. The van der Waals surface area contributed by atoms with Crippen molar-refractivity contribution in [2.75, 3.05) is 11.5 Å². The number of hydrogen-bond acceptors (Lipinski definition) is 3. The van der Waals surface area contributed by atoms with E-state index in [9.17, 15) is 0 Å². The molecule has 4 heteroatoms. The Kier molecular flexibility index (Phi) is 4.20. The molecule has 0 radical (unpaired) electrons. The molecular formula is C16H23N3S. The molecule has 1 aliphatic carbocycles. The number of aryl methyl sites for hydroxylation is 1. The minimum atomic E-state index is 0.790. The van der Waals surface area contributed by atoms with Gasteiger partial charge in [0.2, 0.25) is 0 Å². The molecule has 0 bridgehead atoms. The zero-order chi connectivity index (χ0) is 13.9. The number of nitrogens with two attached hydrogens (primary N) is 1. The van der Waals surface area contributed by atoms with Crippen LogP contribution >= 0.6 is 11.8 Å². The smallest absolute Gasteiger partial charge is 0.108 e. The van der Waals surface area contributed by atoms with Crippen LogP contribution in [-0.2, 0) is 6.42 Å². The molecule has 1 aromatic heterocycles. The van der Waals surface area contributed by atoms with E-state index in [1.807, 2.05) is 18.2 Å². The summed E-state index contributed by atoms with van der Waals surface area (Å²) in [6.45, 7) is 2.39. The maximum Gasteiger partial charge on any atom is 0.108 e. The van der Waals surface area contributed by atoms with Crippen molar-refractivity contribution in [2.45, 2.75) is 44.3 Å². The highest BCUT2D eigenvalue weighted by molar-refractivity contribution is 7.99. The van der Waals surface area contributed by atoms with Crippen LogP contribution in [0.2, 0.25) is 0 Å². The molecule has 20 heavy (non-hydrogen) atoms. The number of nitrogens with zero attached hydrogens (tertiary/aromatic N) is 1. The molecule has 3 N–H and O–H groups in total. The third-order valence-electron chi connectivity index (χ3n) is 4.14. The van der Waals surface area contributed by atoms with Crippen molar-refractivity contribution in [3.63, 3.8) is 0 Å². The lowest BCUT2D eigenvalue weighted by Crippen LogP contribution is -2.15. The maximum absolute atomic E-state index is 5.79. The number of anilines is 1. The Bertz CT molecular complexity index is 578. The molecule has 1 heterocycles. The van der Waals surface area contributed by atoms with Gasteiger partial charge in [-0.1, -0.05) is 19.8 Å². The van der Waals surface area contributed by atoms with Gasteiger partial charge in [0.25, 0.3) is 0 Å². The van der Waals surface area contributed by atoms with Crippen LogP contribution in [0.15, 0.2) is 18.2 Å². The molecule has 1 saturated carbocycles. The third kappa shape index (κ3) is 3.29. The number of aromatic amines is 1. The molecule has 2 atom stereocenters. The fraction of sp³-hybridized carbons (Fsp3) is 0.562. The molecule has 108 valence electrons. The zero-order valence-electron chi connectivity index (χ0n) is 12.1. The Hall–Kier alpha value is -1.16. The summed E-state index contributed by atoms with van der Waals surface area (Å²) in [5.74, 6) is 3.16. The highest BCUT2D eigenvalue weighted by Gasteiger charge is 2.18. The third-order valence-corrected chi connectivity index (χ3v) is 5.48. The summed E-state index contributed by atoms with van der Waals surface area (Å²) < 4.78 is 0. The van der Waals surface area contributed by atoms with E-state index in [0.29, 0.717) is 0 Å². The van der Waals surface area contributed by atoms with Gasteiger partial charge >= 0.3 is 0 Å². The first-order valence-corrected chi connectivity index (χ1v) is 8.61. The van der Waals surface area contributed by atoms with E-state index in [2.05, 4.69) is 28.7 Å². The molecule has 2 aromatic rings. The number of benzene rings is 1. The Labute approximate surface area is 124 Å². The van der Waals surface area contributed by atoms with Crippen molar-refractivity contribution in [2.24, 2.45) is 5.92 Å². The minimum absolute atomic E-state index is 0.790. The summed E-state index contributed by atoms with van der Waals surface area (Å²) in [5.41, 5.74) is 8.65. The quantitative estimate of drug-likeness (QED) is 0.836. The van der Waals surface area contributed by atoms with E-state index in [1.165, 1.54) is 25.7 Å². The Morgan fingerprint density at radius 3 is 3.15 bits per heavy atom. The van der Waals surface area contributed by atoms with Gasteiger partial charge in [-0.25, -0.2) is 4.98 Å². The standard InChI is InChI=1S/C16H23N3S/c1-11-3-2-4-13(9-11)20-8-7-16-18-14-6-5-12(17)10-15(14)19-16/h5-6,10-11,13H,2-4,7-9,17H2,1H3,(H,18,19). The topological polar surface area (TPSA) is 54.7 Å². The molecule has 3 nitrogen and oxygen atoms in total. The number of hydrogen-bond donors (Lipinski definition) is 2. The van der Waals surface area contributed by atoms with E-state index in [4.69, 9.17) is 5.73 Å². The fourth-order valence-corrected chi connectivity index (χ4v) is 4.49. The van der Waals surface area contributed by atoms with Crippen LogP contribution in [-0.4, -0.2) is 21.0 Å². The fourth-order valence-electron chi connectivity index (χ4n) is 3.05. The molecule has 1 aliphatic rings. The van der Waals surface area contributed by atoms with E-state index >= 15 is 0 Å². The molecule has 3 rings (SSSR count). The van der Waals surface area contributed by atoms with Crippen molar-refractivity contribution >= 4 is 28.5 Å². The second-order valence-electron chi connectivity index (χ2n) is 5.97. The molecule has 1 aromatic carbocycles. The summed E-state index contributed by atoms with van der Waals surface area (Å²) in [5, 5.41) is 0.860. The average molecular weight is 289 g/mol. The highest BCUT2D eigenvalue weighted by atomic mass is 32.2. The van der Waals surface area contributed by atoms with Crippen LogP contribution in [0.5, 0.6) is 0 Å². The Morgan fingerprint density at radius 2 is 2.30 bits per heavy atom. The predicted octanol–water partition coefficient (Wildman–Crippen LogP) is 4.00. The highest BCUT2D eigenvalue weighted by Crippen LogP contribution is 2.32. The number of aromatic nitrogens is 2. The molecule has 2 unspecified atom stereocenters. The first-order valence-electron chi connectivity index (χ1n) is 7.56. The summed E-state index contributed by atoms with van der Waals surface area (Å²) in [6.07, 6.45) is 6.63. The zero-order valence-corrected chi connectivity index (χ0v) is 12.9. The van der Waals surface area contributed by atoms with E-state index in [0.717, 1.165) is 45.9 Å². The summed E-state index contributed by atoms with van der Waals surface area (Å²) in [7, 11) is 0. The summed E-state index contributed by atoms with van der Waals surface area (Å²) in [4.78, 5) is 8.01. The van der Waals surface area contributed by atoms with Gasteiger partial charge in [0.05, 0.1) is 11.0 Å². The van der Waals surface area contributed by atoms with Crippen molar-refractivity contribution in [1.82, 2.24) is 9.97 Å². The number of rotatable bonds is 4. The molecule has 0 saturated heterocycles. The van der Waals surface area contributed by atoms with E-state index < -0.39 is 0 Å². The number of H-pyrrole nitrogens is 1. The van der Waals surface area contributed by atoms with Gasteiger partial charge in [-0.05, 0) is 37.0 Å². The average Bonchev–Trinajstić information content (AvgIpc) is 2.80. The lowest BCUT2D eigenvalue weighted by molar-refractivity contribution is 0.394. The predicted molar refractivity (Wildman–Crippen MR) is 88.1 cm³/mol. The molecule has 0 amide bonds. The first kappa shape index (κ1) is 13.8. The van der Waals surface area contributed by atoms with Crippen LogP contribution in [0, 0.1) is 5.92 Å². The van der Waals surface area contributed by atoms with Gasteiger partial charge < -0.3 is 10.7 Å². The first-order chi connectivity index (χ1) is 9.70. The Morgan fingerprint density at radius 1 is 1.40 bits per heavy atom. The number of nitrogen functional groups attached to an aromatic ring is 1. The van der Waals surface area contributed by atoms with E-state index in [1.54, 1.807) is 0 Å². The second kappa shape index (κ2) is 6.08. The van der Waals surface area contributed by atoms with Crippen LogP contribution in [0.1, 0.15) is 38.4 Å². The largest absolute Gasteiger partial charge is 0.399 e. The monoisotopic (exact) mass is 289 g/mol. The van der Waals surface area contributed by atoms with Gasteiger partial charge in [0.15, 0.2) is 0 Å². The van der Waals surface area contributed by atoms with E-state index in [-0.39, 0.29) is 0 Å². The summed E-state index contributed by atoms with van der Waals surface area (Å²) >= 11 is 2.12. The number of fused-ring (bicyclic) bond motifs is 1. The SMILES string of the molecule is CC1CCCC(SCCc2nc3ccc(N)cc3[nH]2)C1. The van der Waals surface area contributed by atoms with Crippen molar-refractivity contribution in [3.8, 4) is 0 Å². The molecule has 1 fully saturated rings. The van der Waals surface area contributed by atoms with Gasteiger partial charge in [0, 0.05) is 23.1 Å². The lowest BCUT2D eigenvalue weighted by atomic mass is 9.91. The minimum Gasteiger partial charge on any atom is -0.399 e. The Balaban J connectivity index is 1.54. The van der Waals surface area contributed by atoms with Crippen LogP contribution in [0.4, 0.5) is 5.69 Å². The van der Waals surface area contributed by atoms with Crippen LogP contribution in [0.3, 0.4) is 0 Å². The lowest BCUT2D eigenvalue weighted by Gasteiger charge is -2.26. The van der Waals surface area contributed by atoms with Crippen LogP contribution < -0.4 is 5.73 Å². The number of nitrogens with one attached hydrogen (secondary N) is 1. The normalized spacial score (nSPS) is 23.2. The maximum atomic E-state index is 5.79. The molecule has 0 spiro atoms. The van der Waals surface area contributed by atoms with Gasteiger partial charge in [-0.3, -0.25) is 0 Å². The van der Waals surface area contributed by atoms with Crippen molar-refractivity contribution in [3.05, 3.63) is 24.0 Å². The number of imidazole rings is 1. The van der Waals surface area contributed by atoms with Crippen molar-refractivity contribution in [1.29, 1.82) is 0 Å². The van der Waals surface area contributed by atoms with Gasteiger partial charge in [-0.15, -0.1) is 0 Å². The number of thioether (sulfide) groups is 1. The van der Waals surface area contributed by atoms with Gasteiger partial charge in [-0.2, -0.15) is 11.8 Å². The van der Waals surface area contributed by atoms with Crippen molar-refractivity contribution < 1.29 is 0 Å². The van der Waals surface area contributed by atoms with Gasteiger partial charge in [0.1, 0.15) is 5.82 Å². The van der Waals surface area contributed by atoms with Crippen LogP contribution in [0.25, 0.3) is 11.0 Å². The molecule has 0 aliphatic heterocycles.